The van der Waals surface area contributed by atoms with Crippen molar-refractivity contribution in [2.24, 2.45) is 4.99 Å². The van der Waals surface area contributed by atoms with Crippen LogP contribution in [-0.2, 0) is 4.79 Å². The SMILES string of the molecule is CCCCNC(=NCC(=O)N(C)C)NCC(C)Oc1ccccc1F.I. The van der Waals surface area contributed by atoms with Gasteiger partial charge in [-0.1, -0.05) is 25.5 Å². The molecule has 1 atom stereocenters. The van der Waals surface area contributed by atoms with Gasteiger partial charge in [0.2, 0.25) is 5.91 Å². The fourth-order valence-electron chi connectivity index (χ4n) is 1.89. The van der Waals surface area contributed by atoms with Gasteiger partial charge in [-0.3, -0.25) is 4.79 Å². The number of amides is 1. The molecular weight excluding hydrogens is 450 g/mol. The first-order valence-electron chi connectivity index (χ1n) is 8.57. The normalized spacial score (nSPS) is 12.0. The van der Waals surface area contributed by atoms with Crippen LogP contribution in [0.15, 0.2) is 29.3 Å². The van der Waals surface area contributed by atoms with E-state index in [4.69, 9.17) is 4.74 Å². The Morgan fingerprint density at radius 1 is 1.31 bits per heavy atom. The van der Waals surface area contributed by atoms with Crippen molar-refractivity contribution in [2.75, 3.05) is 33.7 Å². The summed E-state index contributed by atoms with van der Waals surface area (Å²) in [4.78, 5) is 17.5. The van der Waals surface area contributed by atoms with E-state index in [-0.39, 0.29) is 54.1 Å². The molecule has 1 aromatic rings. The maximum atomic E-state index is 13.6. The van der Waals surface area contributed by atoms with Gasteiger partial charge in [-0.05, 0) is 25.5 Å². The van der Waals surface area contributed by atoms with Gasteiger partial charge in [0.25, 0.3) is 0 Å². The van der Waals surface area contributed by atoms with E-state index < -0.39 is 0 Å². The second-order valence-corrected chi connectivity index (χ2v) is 5.97. The number of aliphatic imine (C=N–C) groups is 1. The number of rotatable bonds is 9. The van der Waals surface area contributed by atoms with E-state index in [1.807, 2.05) is 6.92 Å². The monoisotopic (exact) mass is 480 g/mol. The van der Waals surface area contributed by atoms with E-state index in [1.165, 1.54) is 11.0 Å². The number of para-hydroxylation sites is 1. The van der Waals surface area contributed by atoms with E-state index in [1.54, 1.807) is 32.3 Å². The Hall–Kier alpha value is -1.58. The predicted octanol–water partition coefficient (Wildman–Crippen LogP) is 2.63. The second kappa shape index (κ2) is 13.6. The van der Waals surface area contributed by atoms with Crippen LogP contribution in [0, 0.1) is 5.82 Å². The molecule has 0 aliphatic heterocycles. The van der Waals surface area contributed by atoms with Gasteiger partial charge >= 0.3 is 0 Å². The summed E-state index contributed by atoms with van der Waals surface area (Å²) in [6, 6.07) is 6.30. The van der Waals surface area contributed by atoms with E-state index in [2.05, 4.69) is 22.5 Å². The summed E-state index contributed by atoms with van der Waals surface area (Å²) in [7, 11) is 3.39. The predicted molar refractivity (Wildman–Crippen MR) is 114 cm³/mol. The van der Waals surface area contributed by atoms with Crippen molar-refractivity contribution in [2.45, 2.75) is 32.8 Å². The third-order valence-corrected chi connectivity index (χ3v) is 3.42. The van der Waals surface area contributed by atoms with Crippen LogP contribution in [0.25, 0.3) is 0 Å². The fourth-order valence-corrected chi connectivity index (χ4v) is 1.89. The quantitative estimate of drug-likeness (QED) is 0.247. The number of hydrogen-bond acceptors (Lipinski definition) is 3. The Labute approximate surface area is 172 Å². The van der Waals surface area contributed by atoms with E-state index in [9.17, 15) is 9.18 Å². The topological polar surface area (TPSA) is 66.0 Å². The zero-order valence-corrected chi connectivity index (χ0v) is 18.2. The van der Waals surface area contributed by atoms with Crippen molar-refractivity contribution < 1.29 is 13.9 Å². The number of nitrogens with one attached hydrogen (secondary N) is 2. The summed E-state index contributed by atoms with van der Waals surface area (Å²) in [5.41, 5.74) is 0. The summed E-state index contributed by atoms with van der Waals surface area (Å²) < 4.78 is 19.2. The van der Waals surface area contributed by atoms with Crippen LogP contribution < -0.4 is 15.4 Å². The molecule has 6 nitrogen and oxygen atoms in total. The maximum Gasteiger partial charge on any atom is 0.243 e. The van der Waals surface area contributed by atoms with Gasteiger partial charge in [-0.15, -0.1) is 24.0 Å². The van der Waals surface area contributed by atoms with E-state index in [0.29, 0.717) is 12.5 Å². The van der Waals surface area contributed by atoms with Crippen molar-refractivity contribution in [1.82, 2.24) is 15.5 Å². The van der Waals surface area contributed by atoms with Crippen LogP contribution in [0.1, 0.15) is 26.7 Å². The first-order valence-corrected chi connectivity index (χ1v) is 8.57. The number of carbonyl (C=O) groups is 1. The average molecular weight is 480 g/mol. The molecule has 0 saturated carbocycles. The summed E-state index contributed by atoms with van der Waals surface area (Å²) in [5.74, 6) is 0.304. The smallest absolute Gasteiger partial charge is 0.243 e. The Balaban J connectivity index is 0.00000625. The third kappa shape index (κ3) is 9.79. The molecule has 1 amide bonds. The number of unbranched alkanes of at least 4 members (excludes halogenated alkanes) is 1. The molecule has 0 fully saturated rings. The molecule has 0 aromatic heterocycles. The fraction of sp³-hybridized carbons (Fsp3) is 0.556. The molecule has 2 N–H and O–H groups in total. The summed E-state index contributed by atoms with van der Waals surface area (Å²) in [5, 5.41) is 6.32. The molecule has 8 heteroatoms. The van der Waals surface area contributed by atoms with Gasteiger partial charge in [0, 0.05) is 20.6 Å². The molecular formula is C18H30FIN4O2. The highest BCUT2D eigenvalue weighted by molar-refractivity contribution is 14.0. The molecule has 0 bridgehead atoms. The maximum absolute atomic E-state index is 13.6. The molecule has 0 saturated heterocycles. The molecule has 0 aliphatic carbocycles. The minimum Gasteiger partial charge on any atom is -0.486 e. The average Bonchev–Trinajstić information content (AvgIpc) is 2.58. The number of ether oxygens (including phenoxy) is 1. The van der Waals surface area contributed by atoms with Crippen LogP contribution >= 0.6 is 24.0 Å². The lowest BCUT2D eigenvalue weighted by molar-refractivity contribution is -0.127. The minimum atomic E-state index is -0.388. The van der Waals surface area contributed by atoms with E-state index in [0.717, 1.165) is 19.4 Å². The van der Waals surface area contributed by atoms with Crippen LogP contribution in [0.5, 0.6) is 5.75 Å². The Bertz CT molecular complexity index is 570. The molecule has 1 aromatic carbocycles. The molecule has 0 aliphatic rings. The van der Waals surface area contributed by atoms with Crippen molar-refractivity contribution >= 4 is 35.8 Å². The molecule has 0 spiro atoms. The first kappa shape index (κ1) is 24.4. The summed E-state index contributed by atoms with van der Waals surface area (Å²) >= 11 is 0. The third-order valence-electron chi connectivity index (χ3n) is 3.42. The van der Waals surface area contributed by atoms with Gasteiger partial charge in [0.15, 0.2) is 17.5 Å². The van der Waals surface area contributed by atoms with Gasteiger partial charge in [-0.25, -0.2) is 9.38 Å². The number of hydrogen-bond donors (Lipinski definition) is 2. The molecule has 0 radical (unpaired) electrons. The molecule has 26 heavy (non-hydrogen) atoms. The van der Waals surface area contributed by atoms with Crippen molar-refractivity contribution in [1.29, 1.82) is 0 Å². The van der Waals surface area contributed by atoms with Gasteiger partial charge in [0.1, 0.15) is 12.6 Å². The lowest BCUT2D eigenvalue weighted by atomic mass is 10.3. The molecule has 1 rings (SSSR count). The Kier molecular flexibility index (Phi) is 12.8. The van der Waals surface area contributed by atoms with Crippen molar-refractivity contribution in [3.05, 3.63) is 30.1 Å². The number of likely N-dealkylation sites (N-methyl/N-ethyl adjacent to an activating group) is 1. The minimum absolute atomic E-state index is 0. The highest BCUT2D eigenvalue weighted by Crippen LogP contribution is 2.16. The van der Waals surface area contributed by atoms with Gasteiger partial charge < -0.3 is 20.3 Å². The first-order chi connectivity index (χ1) is 11.9. The molecule has 0 heterocycles. The Morgan fingerprint density at radius 2 is 2.00 bits per heavy atom. The van der Waals surface area contributed by atoms with Crippen molar-refractivity contribution in [3.8, 4) is 5.75 Å². The highest BCUT2D eigenvalue weighted by atomic mass is 127. The lowest BCUT2D eigenvalue weighted by Gasteiger charge is -2.18. The zero-order chi connectivity index (χ0) is 18.7. The second-order valence-electron chi connectivity index (χ2n) is 5.97. The number of nitrogens with zero attached hydrogens (tertiary/aromatic N) is 2. The van der Waals surface area contributed by atoms with Crippen molar-refractivity contribution in [3.63, 3.8) is 0 Å². The van der Waals surface area contributed by atoms with Gasteiger partial charge in [-0.2, -0.15) is 0 Å². The molecule has 148 valence electrons. The largest absolute Gasteiger partial charge is 0.486 e. The van der Waals surface area contributed by atoms with Crippen LogP contribution in [0.2, 0.25) is 0 Å². The summed E-state index contributed by atoms with van der Waals surface area (Å²) in [6.45, 7) is 5.21. The van der Waals surface area contributed by atoms with Gasteiger partial charge in [0.05, 0.1) is 6.54 Å². The number of guanidine groups is 1. The summed E-state index contributed by atoms with van der Waals surface area (Å²) in [6.07, 6.45) is 1.80. The number of halogens is 2. The molecule has 1 unspecified atom stereocenters. The highest BCUT2D eigenvalue weighted by Gasteiger charge is 2.10. The number of benzene rings is 1. The standard InChI is InChI=1S/C18H29FN4O2.HI/c1-5-6-11-20-18(22-13-17(24)23(3)4)21-12-14(2)25-16-10-8-7-9-15(16)19;/h7-10,14H,5-6,11-13H2,1-4H3,(H2,20,21,22);1H. The van der Waals surface area contributed by atoms with Crippen LogP contribution in [0.4, 0.5) is 4.39 Å². The Morgan fingerprint density at radius 3 is 2.62 bits per heavy atom. The zero-order valence-electron chi connectivity index (χ0n) is 15.9. The van der Waals surface area contributed by atoms with Crippen LogP contribution in [-0.4, -0.2) is 56.6 Å². The lowest BCUT2D eigenvalue weighted by Crippen LogP contribution is -2.43. The number of carbonyl (C=O) groups excluding carboxylic acids is 1. The van der Waals surface area contributed by atoms with Crippen LogP contribution in [0.3, 0.4) is 0 Å². The van der Waals surface area contributed by atoms with E-state index >= 15 is 0 Å².